The Bertz CT molecular complexity index is 715. The lowest BCUT2D eigenvalue weighted by atomic mass is 10.1. The van der Waals surface area contributed by atoms with E-state index in [-0.39, 0.29) is 6.04 Å². The van der Waals surface area contributed by atoms with Crippen molar-refractivity contribution >= 4 is 46.2 Å². The fraction of sp³-hybridized carbons (Fsp3) is 0.333. The molecule has 1 aliphatic heterocycles. The molecule has 6 heteroatoms. The maximum absolute atomic E-state index is 6.38. The average molecular weight is 385 g/mol. The summed E-state index contributed by atoms with van der Waals surface area (Å²) in [5.41, 5.74) is 3.08. The van der Waals surface area contributed by atoms with Crippen LogP contribution in [0.3, 0.4) is 0 Å². The van der Waals surface area contributed by atoms with Gasteiger partial charge in [-0.25, -0.2) is 0 Å². The molecule has 1 atom stereocenters. The molecule has 0 bridgehead atoms. The van der Waals surface area contributed by atoms with Gasteiger partial charge in [0.15, 0.2) is 0 Å². The van der Waals surface area contributed by atoms with Crippen LogP contribution in [0.15, 0.2) is 36.4 Å². The van der Waals surface area contributed by atoms with Crippen molar-refractivity contribution in [3.8, 4) is 0 Å². The number of piperazine rings is 1. The number of anilines is 2. The van der Waals surface area contributed by atoms with Gasteiger partial charge in [0.05, 0.1) is 16.8 Å². The highest BCUT2D eigenvalue weighted by molar-refractivity contribution is 6.35. The van der Waals surface area contributed by atoms with Gasteiger partial charge in [-0.05, 0) is 42.8 Å². The summed E-state index contributed by atoms with van der Waals surface area (Å²) in [7, 11) is 0. The van der Waals surface area contributed by atoms with Gasteiger partial charge in [-0.1, -0.05) is 40.9 Å². The highest BCUT2D eigenvalue weighted by Crippen LogP contribution is 2.33. The molecule has 1 heterocycles. The van der Waals surface area contributed by atoms with E-state index in [1.54, 1.807) is 6.07 Å². The Labute approximate surface area is 157 Å². The molecular formula is C18H20Cl3N3. The highest BCUT2D eigenvalue weighted by Gasteiger charge is 2.15. The molecule has 0 aromatic heterocycles. The van der Waals surface area contributed by atoms with Crippen molar-refractivity contribution in [2.75, 3.05) is 36.4 Å². The number of benzene rings is 2. The van der Waals surface area contributed by atoms with E-state index in [9.17, 15) is 0 Å². The molecule has 24 heavy (non-hydrogen) atoms. The second-order valence-corrected chi connectivity index (χ2v) is 7.18. The maximum atomic E-state index is 6.38. The number of hydrogen-bond donors (Lipinski definition) is 2. The summed E-state index contributed by atoms with van der Waals surface area (Å²) in [5.74, 6) is 0. The van der Waals surface area contributed by atoms with Crippen molar-refractivity contribution < 1.29 is 0 Å². The quantitative estimate of drug-likeness (QED) is 0.756. The Balaban J connectivity index is 1.80. The number of nitrogens with one attached hydrogen (secondary N) is 2. The van der Waals surface area contributed by atoms with Crippen molar-refractivity contribution in [2.24, 2.45) is 0 Å². The Morgan fingerprint density at radius 2 is 1.75 bits per heavy atom. The molecule has 0 spiro atoms. The highest BCUT2D eigenvalue weighted by atomic mass is 35.5. The molecule has 1 saturated heterocycles. The molecule has 1 aliphatic rings. The van der Waals surface area contributed by atoms with Crippen LogP contribution in [0.25, 0.3) is 0 Å². The first kappa shape index (κ1) is 17.7. The third-order valence-corrected chi connectivity index (χ3v) is 5.13. The number of rotatable bonds is 4. The number of halogens is 3. The Morgan fingerprint density at radius 1 is 1.00 bits per heavy atom. The van der Waals surface area contributed by atoms with Crippen molar-refractivity contribution in [1.29, 1.82) is 0 Å². The van der Waals surface area contributed by atoms with Gasteiger partial charge in [-0.3, -0.25) is 0 Å². The third kappa shape index (κ3) is 4.09. The molecule has 2 N–H and O–H groups in total. The predicted octanol–water partition coefficient (Wildman–Crippen LogP) is 5.23. The van der Waals surface area contributed by atoms with Gasteiger partial charge >= 0.3 is 0 Å². The first-order valence-corrected chi connectivity index (χ1v) is 9.14. The Morgan fingerprint density at radius 3 is 2.46 bits per heavy atom. The van der Waals surface area contributed by atoms with Gasteiger partial charge in [0.2, 0.25) is 0 Å². The molecule has 3 rings (SSSR count). The molecular weight excluding hydrogens is 365 g/mol. The van der Waals surface area contributed by atoms with Crippen molar-refractivity contribution in [3.05, 3.63) is 57.0 Å². The minimum atomic E-state index is 0.0190. The fourth-order valence-electron chi connectivity index (χ4n) is 2.91. The van der Waals surface area contributed by atoms with E-state index in [2.05, 4.69) is 34.6 Å². The van der Waals surface area contributed by atoms with Gasteiger partial charge in [0, 0.05) is 41.9 Å². The van der Waals surface area contributed by atoms with Gasteiger partial charge in [-0.2, -0.15) is 0 Å². The predicted molar refractivity (Wildman–Crippen MR) is 105 cm³/mol. The molecule has 128 valence electrons. The zero-order valence-corrected chi connectivity index (χ0v) is 15.7. The summed E-state index contributed by atoms with van der Waals surface area (Å²) >= 11 is 18.7. The van der Waals surface area contributed by atoms with Gasteiger partial charge in [0.25, 0.3) is 0 Å². The van der Waals surface area contributed by atoms with E-state index in [0.29, 0.717) is 15.1 Å². The maximum Gasteiger partial charge on any atom is 0.0639 e. The fourth-order valence-corrected chi connectivity index (χ4v) is 3.65. The van der Waals surface area contributed by atoms with Crippen LogP contribution in [0, 0.1) is 0 Å². The zero-order chi connectivity index (χ0) is 17.1. The molecule has 1 fully saturated rings. The van der Waals surface area contributed by atoms with Crippen LogP contribution in [-0.4, -0.2) is 26.2 Å². The first-order valence-electron chi connectivity index (χ1n) is 8.01. The standard InChI is InChI=1S/C18H20Cl3N3/c1-12(15-4-2-13(19)10-17(15)21)23-18-11-14(3-5-16(18)20)24-8-6-22-7-9-24/h2-5,10-12,22-23H,6-9H2,1H3. The SMILES string of the molecule is CC(Nc1cc(N2CCNCC2)ccc1Cl)c1ccc(Cl)cc1Cl. The van der Waals surface area contributed by atoms with E-state index in [4.69, 9.17) is 34.8 Å². The first-order chi connectivity index (χ1) is 11.5. The van der Waals surface area contributed by atoms with Gasteiger partial charge < -0.3 is 15.5 Å². The molecule has 0 saturated carbocycles. The second kappa shape index (κ2) is 7.83. The van der Waals surface area contributed by atoms with Crippen molar-refractivity contribution in [2.45, 2.75) is 13.0 Å². The summed E-state index contributed by atoms with van der Waals surface area (Å²) in [6, 6.07) is 11.7. The van der Waals surface area contributed by atoms with Crippen LogP contribution in [0.5, 0.6) is 0 Å². The molecule has 2 aromatic rings. The topological polar surface area (TPSA) is 27.3 Å². The van der Waals surface area contributed by atoms with Crippen LogP contribution >= 0.6 is 34.8 Å². The van der Waals surface area contributed by atoms with E-state index in [1.165, 1.54) is 5.69 Å². The van der Waals surface area contributed by atoms with E-state index in [1.807, 2.05) is 18.2 Å². The van der Waals surface area contributed by atoms with Crippen molar-refractivity contribution in [3.63, 3.8) is 0 Å². The van der Waals surface area contributed by atoms with Crippen LogP contribution in [0.4, 0.5) is 11.4 Å². The number of nitrogens with zero attached hydrogens (tertiary/aromatic N) is 1. The third-order valence-electron chi connectivity index (χ3n) is 4.23. The minimum Gasteiger partial charge on any atom is -0.377 e. The molecule has 2 aromatic carbocycles. The normalized spacial score (nSPS) is 16.1. The summed E-state index contributed by atoms with van der Waals surface area (Å²) < 4.78 is 0. The van der Waals surface area contributed by atoms with Crippen LogP contribution < -0.4 is 15.5 Å². The van der Waals surface area contributed by atoms with E-state index in [0.717, 1.165) is 37.4 Å². The van der Waals surface area contributed by atoms with Crippen molar-refractivity contribution in [1.82, 2.24) is 5.32 Å². The average Bonchev–Trinajstić information content (AvgIpc) is 2.57. The van der Waals surface area contributed by atoms with Gasteiger partial charge in [0.1, 0.15) is 0 Å². The summed E-state index contributed by atoms with van der Waals surface area (Å²) in [5, 5.41) is 8.81. The largest absolute Gasteiger partial charge is 0.377 e. The molecule has 0 amide bonds. The van der Waals surface area contributed by atoms with Crippen LogP contribution in [0.1, 0.15) is 18.5 Å². The lowest BCUT2D eigenvalue weighted by Gasteiger charge is -2.30. The smallest absolute Gasteiger partial charge is 0.0639 e. The molecule has 1 unspecified atom stereocenters. The Kier molecular flexibility index (Phi) is 5.77. The Hall–Kier alpha value is -1.13. The summed E-state index contributed by atoms with van der Waals surface area (Å²) in [4.78, 5) is 2.36. The lowest BCUT2D eigenvalue weighted by Crippen LogP contribution is -2.43. The summed E-state index contributed by atoms with van der Waals surface area (Å²) in [6.45, 7) is 6.06. The monoisotopic (exact) mass is 383 g/mol. The minimum absolute atomic E-state index is 0.0190. The second-order valence-electron chi connectivity index (χ2n) is 5.93. The van der Waals surface area contributed by atoms with E-state index < -0.39 is 0 Å². The molecule has 0 aliphatic carbocycles. The molecule has 3 nitrogen and oxygen atoms in total. The lowest BCUT2D eigenvalue weighted by molar-refractivity contribution is 0.589. The summed E-state index contributed by atoms with van der Waals surface area (Å²) in [6.07, 6.45) is 0. The zero-order valence-electron chi connectivity index (χ0n) is 13.5. The van der Waals surface area contributed by atoms with E-state index >= 15 is 0 Å². The van der Waals surface area contributed by atoms with Crippen LogP contribution in [-0.2, 0) is 0 Å². The van der Waals surface area contributed by atoms with Crippen LogP contribution in [0.2, 0.25) is 15.1 Å². The number of hydrogen-bond acceptors (Lipinski definition) is 3. The van der Waals surface area contributed by atoms with Gasteiger partial charge in [-0.15, -0.1) is 0 Å². The molecule has 0 radical (unpaired) electrons.